The molecule has 0 valence electrons. The predicted molar refractivity (Wildman–Crippen MR) is 0 cm³/mol. The van der Waals surface area contributed by atoms with Crippen LogP contribution in [-0.4, -0.2) is 0 Å². The largest absolute Gasteiger partial charge is 1.00 e. The number of hydrogen-bond acceptors (Lipinski definition) is 0. The molecule has 0 fully saturated rings. The van der Waals surface area contributed by atoms with Gasteiger partial charge in [-0.05, 0) is 0 Å². The third-order valence-electron chi connectivity index (χ3n) is 0. The van der Waals surface area contributed by atoms with E-state index in [-0.39, 0.29) is 2470 Å². The topological polar surface area (TPSA) is 0 Å². The van der Waals surface area contributed by atoms with Crippen molar-refractivity contribution >= 4 is 0 Å². The number of hydrogen-bond donors (Lipinski definition) is 0. The van der Waals surface area contributed by atoms with Crippen molar-refractivity contribution in [3.8, 4) is 0 Å². The van der Waals surface area contributed by atoms with Gasteiger partial charge < -0.3 is 0 Å². The van der Waals surface area contributed by atoms with Crippen molar-refractivity contribution in [1.29, 1.82) is 0 Å². The summed E-state index contributed by atoms with van der Waals surface area (Å²) in [5.74, 6) is 0. The molecule has 0 N–H and O–H groups in total. The smallest absolute Gasteiger partial charge is 1.00 e. The van der Waals surface area contributed by atoms with E-state index in [2.05, 4.69) is 0 Å². The van der Waals surface area contributed by atoms with Gasteiger partial charge in [-0.15, -0.1) is 0 Å². The molecular weight excluding hydrogens is 1880 g/mol. The summed E-state index contributed by atoms with van der Waals surface area (Å²) < 4.78 is 0. The summed E-state index contributed by atoms with van der Waals surface area (Å²) in [6.07, 6.45) is 0. The van der Waals surface area contributed by atoms with Crippen molar-refractivity contribution in [3.63, 3.8) is 0 Å². The fraction of sp³-hybridized carbons (Fsp3) is 0. The van der Waals surface area contributed by atoms with Crippen molar-refractivity contribution in [2.75, 3.05) is 0 Å². The normalized spacial score (nSPS) is 0. The van der Waals surface area contributed by atoms with Gasteiger partial charge in [0.1, 0.15) is 0 Å². The van der Waals surface area contributed by atoms with E-state index in [0.29, 0.717) is 0 Å². The van der Waals surface area contributed by atoms with Crippen molar-refractivity contribution in [1.82, 2.24) is 0 Å². The molecule has 0 spiro atoms. The molecule has 0 bridgehead atoms. The minimum absolute atomic E-state index is 0. The molecule has 48 heavy (non-hydrogen) atoms. The van der Waals surface area contributed by atoms with Gasteiger partial charge >= 0.3 is 2470 Å². The maximum atomic E-state index is 0. The van der Waals surface area contributed by atoms with Gasteiger partial charge in [0.15, 0.2) is 0 Å². The van der Waals surface area contributed by atoms with Gasteiger partial charge in [-0.25, -0.2) is 0 Å². The van der Waals surface area contributed by atoms with Crippen LogP contribution >= 0.6 is 0 Å². The Balaban J connectivity index is 0. The van der Waals surface area contributed by atoms with E-state index >= 15 is 0 Å². The summed E-state index contributed by atoms with van der Waals surface area (Å²) in [7, 11) is 0. The molecule has 0 aromatic carbocycles. The average Bonchev–Trinajstić information content (AvgIpc) is 0. The van der Waals surface area contributed by atoms with E-state index < -0.39 is 0 Å². The molecule has 0 heterocycles. The first kappa shape index (κ1) is 323. The molecule has 0 atom stereocenters. The molecular formula is K48+48. The van der Waals surface area contributed by atoms with Crippen molar-refractivity contribution in [2.24, 2.45) is 0 Å². The third-order valence-corrected chi connectivity index (χ3v) is 0. The molecule has 0 aromatic heterocycles. The summed E-state index contributed by atoms with van der Waals surface area (Å²) >= 11 is 0. The maximum absolute atomic E-state index is 0. The van der Waals surface area contributed by atoms with Gasteiger partial charge in [0, 0.05) is 0 Å². The molecule has 0 aromatic rings. The average molecular weight is 1880 g/mol. The summed E-state index contributed by atoms with van der Waals surface area (Å²) in [4.78, 5) is 0. The van der Waals surface area contributed by atoms with Crippen LogP contribution in [0.5, 0.6) is 0 Å². The fourth-order valence-corrected chi connectivity index (χ4v) is 0. The first-order valence-corrected chi connectivity index (χ1v) is 0. The van der Waals surface area contributed by atoms with E-state index in [1.807, 2.05) is 0 Å². The molecule has 0 nitrogen and oxygen atoms in total. The first-order chi connectivity index (χ1) is 0. The zero-order valence-corrected chi connectivity index (χ0v) is 198. The van der Waals surface area contributed by atoms with Gasteiger partial charge in [0.2, 0.25) is 0 Å². The fourth-order valence-electron chi connectivity index (χ4n) is 0. The summed E-state index contributed by atoms with van der Waals surface area (Å²) in [6, 6.07) is 0. The van der Waals surface area contributed by atoms with E-state index in [0.717, 1.165) is 0 Å². The monoisotopic (exact) mass is 1870 g/mol. The summed E-state index contributed by atoms with van der Waals surface area (Å²) in [5, 5.41) is 0. The van der Waals surface area contributed by atoms with Crippen LogP contribution in [0.4, 0.5) is 0 Å². The van der Waals surface area contributed by atoms with Crippen LogP contribution < -0.4 is 2470 Å². The third kappa shape index (κ3) is 308. The van der Waals surface area contributed by atoms with Crippen LogP contribution in [-0.2, 0) is 0 Å². The molecule has 0 radical (unpaired) electrons. The molecule has 0 amide bonds. The minimum Gasteiger partial charge on any atom is 1.00 e. The van der Waals surface area contributed by atoms with E-state index in [9.17, 15) is 0 Å². The van der Waals surface area contributed by atoms with Crippen LogP contribution in [0.25, 0.3) is 0 Å². The summed E-state index contributed by atoms with van der Waals surface area (Å²) in [6.45, 7) is 0. The van der Waals surface area contributed by atoms with Crippen molar-refractivity contribution < 1.29 is 2470 Å². The van der Waals surface area contributed by atoms with E-state index in [1.54, 1.807) is 0 Å². The summed E-state index contributed by atoms with van der Waals surface area (Å²) in [5.41, 5.74) is 0. The Kier molecular flexibility index (Phi) is 2130. The van der Waals surface area contributed by atoms with Crippen LogP contribution in [0.3, 0.4) is 0 Å². The zero-order valence-electron chi connectivity index (χ0n) is 48.0. The minimum atomic E-state index is 0. The Hall–Kier alpha value is 78.5. The Labute approximate surface area is 2350 Å². The Morgan fingerprint density at radius 3 is 0.0208 bits per heavy atom. The molecule has 48 heteroatoms. The zero-order chi connectivity index (χ0) is 0. The molecule has 0 aliphatic heterocycles. The van der Waals surface area contributed by atoms with E-state index in [1.165, 1.54) is 0 Å². The SMILES string of the molecule is [K+].[K+].[K+].[K+].[K+].[K+].[K+].[K+].[K+].[K+].[K+].[K+].[K+].[K+].[K+].[K+].[K+].[K+].[K+].[K+].[K+].[K+].[K+].[K+].[K+].[K+].[K+].[K+].[K+].[K+].[K+].[K+].[K+].[K+].[K+].[K+].[K+].[K+].[K+].[K+].[K+].[K+].[K+].[K+].[K+].[K+].[K+].[K+]. The van der Waals surface area contributed by atoms with Crippen LogP contribution in [0.15, 0.2) is 0 Å². The predicted octanol–water partition coefficient (Wildman–Crippen LogP) is -144. The van der Waals surface area contributed by atoms with Gasteiger partial charge in [0.05, 0.1) is 0 Å². The van der Waals surface area contributed by atoms with Crippen LogP contribution in [0, 0.1) is 0 Å². The van der Waals surface area contributed by atoms with Crippen LogP contribution in [0.1, 0.15) is 0 Å². The molecule has 0 aliphatic carbocycles. The molecule has 0 rings (SSSR count). The Morgan fingerprint density at radius 2 is 0.0208 bits per heavy atom. The second-order valence-corrected chi connectivity index (χ2v) is 0. The second-order valence-electron chi connectivity index (χ2n) is 0. The Morgan fingerprint density at radius 1 is 0.0208 bits per heavy atom. The Bertz CT molecular complexity index is 0. The van der Waals surface area contributed by atoms with Gasteiger partial charge in [-0.2, -0.15) is 0 Å². The van der Waals surface area contributed by atoms with Gasteiger partial charge in [0.25, 0.3) is 0 Å². The molecule has 0 unspecified atom stereocenters. The van der Waals surface area contributed by atoms with Gasteiger partial charge in [-0.3, -0.25) is 0 Å². The molecule has 0 saturated heterocycles. The molecule has 0 aliphatic rings. The van der Waals surface area contributed by atoms with E-state index in [4.69, 9.17) is 0 Å². The quantitative estimate of drug-likeness (QED) is 0.212. The first-order valence-electron chi connectivity index (χ1n) is 0. The maximum Gasteiger partial charge on any atom is 1.00 e. The number of rotatable bonds is 0. The second kappa shape index (κ2) is 316. The molecule has 0 saturated carbocycles. The van der Waals surface area contributed by atoms with Crippen LogP contribution in [0.2, 0.25) is 0 Å². The van der Waals surface area contributed by atoms with Crippen molar-refractivity contribution in [3.05, 3.63) is 0 Å². The van der Waals surface area contributed by atoms with Gasteiger partial charge in [-0.1, -0.05) is 0 Å². The van der Waals surface area contributed by atoms with Crippen molar-refractivity contribution in [2.45, 2.75) is 0 Å². The standard InChI is InChI=1S/48K/q48*+1.